The highest BCUT2D eigenvalue weighted by molar-refractivity contribution is 7.61. The SMILES string of the molecule is CCCCC/C=C\C[C@H](O)/C=C/C=C/C=C\[C@H](O)CCCC(=O)O[C@H](COC(=O)CCCCCCCCCCCCCCCCCCCCC(C)CC)COP(=O)(O)OP(=O)(O)OC[C@H]1O[C@@H](n2ccc(N)nc2=O)[C@H](O)[C@@H]1O. The van der Waals surface area contributed by atoms with Crippen molar-refractivity contribution in [1.82, 2.24) is 9.55 Å². The van der Waals surface area contributed by atoms with Gasteiger partial charge in [-0.05, 0) is 50.5 Å². The summed E-state index contributed by atoms with van der Waals surface area (Å²) in [6.45, 7) is 4.27. The predicted molar refractivity (Wildman–Crippen MR) is 305 cm³/mol. The van der Waals surface area contributed by atoms with Gasteiger partial charge in [0.15, 0.2) is 12.3 Å². The molecular formula is C57H99N3O17P2. The van der Waals surface area contributed by atoms with Crippen LogP contribution in [0, 0.1) is 5.92 Å². The minimum Gasteiger partial charge on any atom is -0.462 e. The van der Waals surface area contributed by atoms with Gasteiger partial charge in [-0.15, -0.1) is 0 Å². The quantitative estimate of drug-likeness (QED) is 0.0105. The number of hydrogen-bond acceptors (Lipinski definition) is 17. The molecule has 1 aromatic heterocycles. The number of phosphoric ester groups is 2. The fourth-order valence-corrected chi connectivity index (χ4v) is 10.8. The second-order valence-electron chi connectivity index (χ2n) is 20.8. The van der Waals surface area contributed by atoms with Crippen molar-refractivity contribution in [2.45, 2.75) is 250 Å². The molecule has 8 N–H and O–H groups in total. The second-order valence-corrected chi connectivity index (χ2v) is 23.8. The van der Waals surface area contributed by atoms with E-state index < -0.39 is 95.9 Å². The number of phosphoric acid groups is 2. The molecule has 0 radical (unpaired) electrons. The van der Waals surface area contributed by atoms with Crippen LogP contribution in [0.2, 0.25) is 0 Å². The van der Waals surface area contributed by atoms with Crippen molar-refractivity contribution in [2.24, 2.45) is 5.92 Å². The molecule has 0 aromatic carbocycles. The van der Waals surface area contributed by atoms with Gasteiger partial charge in [-0.2, -0.15) is 9.29 Å². The Morgan fingerprint density at radius 3 is 1.85 bits per heavy atom. The molecule has 0 saturated carbocycles. The molecule has 0 amide bonds. The number of anilines is 1. The molecule has 22 heteroatoms. The molecule has 79 heavy (non-hydrogen) atoms. The van der Waals surface area contributed by atoms with Crippen molar-refractivity contribution in [1.29, 1.82) is 0 Å². The summed E-state index contributed by atoms with van der Waals surface area (Å²) in [6, 6.07) is 1.23. The molecule has 10 atom stereocenters. The van der Waals surface area contributed by atoms with Crippen molar-refractivity contribution in [3.05, 3.63) is 71.4 Å². The average molecular weight is 1160 g/mol. The van der Waals surface area contributed by atoms with E-state index in [9.17, 15) is 53.7 Å². The number of hydrogen-bond donors (Lipinski definition) is 7. The van der Waals surface area contributed by atoms with Gasteiger partial charge in [0.2, 0.25) is 0 Å². The van der Waals surface area contributed by atoms with Gasteiger partial charge >= 0.3 is 33.3 Å². The number of aliphatic hydroxyl groups is 4. The van der Waals surface area contributed by atoms with Gasteiger partial charge in [-0.1, -0.05) is 204 Å². The van der Waals surface area contributed by atoms with Gasteiger partial charge in [-0.25, -0.2) is 13.9 Å². The van der Waals surface area contributed by atoms with Crippen LogP contribution in [0.3, 0.4) is 0 Å². The lowest BCUT2D eigenvalue weighted by Crippen LogP contribution is -2.36. The first-order chi connectivity index (χ1) is 37.9. The van der Waals surface area contributed by atoms with E-state index in [0.29, 0.717) is 12.8 Å². The first kappa shape index (κ1) is 71.7. The van der Waals surface area contributed by atoms with Crippen molar-refractivity contribution in [3.8, 4) is 0 Å². The third-order valence-electron chi connectivity index (χ3n) is 13.6. The summed E-state index contributed by atoms with van der Waals surface area (Å²) in [6.07, 6.45) is 35.1. The number of nitrogen functional groups attached to an aromatic ring is 1. The summed E-state index contributed by atoms with van der Waals surface area (Å²) in [5.74, 6) is -0.679. The minimum absolute atomic E-state index is 0.0764. The van der Waals surface area contributed by atoms with Gasteiger partial charge in [0.05, 0.1) is 25.4 Å². The number of rotatable bonds is 48. The first-order valence-electron chi connectivity index (χ1n) is 29.3. The number of carbonyl (C=O) groups excluding carboxylic acids is 2. The van der Waals surface area contributed by atoms with E-state index in [1.165, 1.54) is 115 Å². The molecular weight excluding hydrogens is 1060 g/mol. The highest BCUT2D eigenvalue weighted by atomic mass is 31.3. The number of unbranched alkanes of at least 4 members (excludes halogenated alkanes) is 20. The monoisotopic (exact) mass is 1160 g/mol. The van der Waals surface area contributed by atoms with E-state index in [1.54, 1.807) is 30.4 Å². The fraction of sp³-hybridized carbons (Fsp3) is 0.754. The summed E-state index contributed by atoms with van der Waals surface area (Å²) < 4.78 is 56.8. The van der Waals surface area contributed by atoms with E-state index in [1.807, 2.05) is 6.08 Å². The lowest BCUT2D eigenvalue weighted by molar-refractivity contribution is -0.161. The van der Waals surface area contributed by atoms with Crippen molar-refractivity contribution < 1.29 is 76.5 Å². The molecule has 3 unspecified atom stereocenters. The first-order valence-corrected chi connectivity index (χ1v) is 32.3. The van der Waals surface area contributed by atoms with Gasteiger partial charge in [-0.3, -0.25) is 23.2 Å². The van der Waals surface area contributed by atoms with Crippen molar-refractivity contribution in [2.75, 3.05) is 25.6 Å². The highest BCUT2D eigenvalue weighted by Crippen LogP contribution is 2.60. The maximum Gasteiger partial charge on any atom is 0.481 e. The highest BCUT2D eigenvalue weighted by Gasteiger charge is 2.46. The van der Waals surface area contributed by atoms with Crippen LogP contribution in [0.25, 0.3) is 0 Å². The Kier molecular flexibility index (Phi) is 39.4. The Hall–Kier alpha value is -3.36. The normalized spacial score (nSPS) is 20.0. The zero-order valence-electron chi connectivity index (χ0n) is 47.6. The maximum atomic E-state index is 12.9. The number of esters is 2. The molecule has 20 nitrogen and oxygen atoms in total. The number of carbonyl (C=O) groups is 2. The second kappa shape index (κ2) is 43.3. The molecule has 2 rings (SSSR count). The number of ether oxygens (including phenoxy) is 3. The number of aliphatic hydroxyl groups excluding tert-OH is 4. The third-order valence-corrected chi connectivity index (χ3v) is 16.2. The van der Waals surface area contributed by atoms with Gasteiger partial charge in [0, 0.05) is 19.0 Å². The topological polar surface area (TPSA) is 306 Å². The lowest BCUT2D eigenvalue weighted by Gasteiger charge is -2.21. The minimum atomic E-state index is -5.49. The summed E-state index contributed by atoms with van der Waals surface area (Å²) in [7, 11) is -11.0. The van der Waals surface area contributed by atoms with E-state index in [0.717, 1.165) is 61.6 Å². The Morgan fingerprint density at radius 1 is 0.709 bits per heavy atom. The standard InChI is InChI=1S/C57H99N3O17P2/c1-4-6-7-8-24-29-35-47(61)36-30-26-27-31-37-48(62)38-33-40-53(64)75-49(43-72-52(63)39-32-25-22-20-18-16-14-12-10-9-11-13-15-17-19-21-23-28-34-46(3)5-2)44-73-78(68,69)77-79(70,71)74-45-50-54(65)55(66)56(76-50)60-42-41-51(58)59-57(60)67/h24,26-27,29-31,36-37,41-42,46-50,54-56,61-62,65-66H,4-23,25,28,32-35,38-40,43-45H2,1-3H3,(H,68,69)(H,70,71)(H2,58,59,67)/b27-26+,29-24-,36-30+,37-31-/t46?,47-,48-,49+,50+,54+,55+,56+/m0/s1. The molecule has 2 heterocycles. The molecule has 0 aliphatic carbocycles. The summed E-state index contributed by atoms with van der Waals surface area (Å²) in [5, 5.41) is 41.5. The van der Waals surface area contributed by atoms with Crippen LogP contribution in [0.4, 0.5) is 5.82 Å². The van der Waals surface area contributed by atoms with Gasteiger partial charge in [0.1, 0.15) is 30.7 Å². The van der Waals surface area contributed by atoms with E-state index in [2.05, 4.69) is 36.1 Å². The van der Waals surface area contributed by atoms with Crippen LogP contribution in [0.1, 0.15) is 213 Å². The lowest BCUT2D eigenvalue weighted by atomic mass is 9.99. The van der Waals surface area contributed by atoms with Crippen LogP contribution >= 0.6 is 15.6 Å². The molecule has 454 valence electrons. The Labute approximate surface area is 470 Å². The molecule has 0 spiro atoms. The smallest absolute Gasteiger partial charge is 0.462 e. The average Bonchev–Trinajstić information content (AvgIpc) is 3.69. The number of allylic oxidation sites excluding steroid dienone is 5. The van der Waals surface area contributed by atoms with Crippen LogP contribution in [0.15, 0.2) is 65.7 Å². The zero-order chi connectivity index (χ0) is 58.2. The fourth-order valence-electron chi connectivity index (χ4n) is 8.66. The van der Waals surface area contributed by atoms with E-state index in [-0.39, 0.29) is 31.5 Å². The molecule has 0 bridgehead atoms. The van der Waals surface area contributed by atoms with Gasteiger partial charge in [0.25, 0.3) is 0 Å². The molecule has 1 aromatic rings. The van der Waals surface area contributed by atoms with Crippen molar-refractivity contribution >= 4 is 33.4 Å². The third kappa shape index (κ3) is 36.0. The Morgan fingerprint density at radius 2 is 1.27 bits per heavy atom. The number of nitrogens with two attached hydrogens (primary N) is 1. The predicted octanol–water partition coefficient (Wildman–Crippen LogP) is 11.1. The molecule has 1 aliphatic heterocycles. The molecule has 1 saturated heterocycles. The summed E-state index contributed by atoms with van der Waals surface area (Å²) >= 11 is 0. The number of nitrogens with zero attached hydrogens (tertiary/aromatic N) is 2. The van der Waals surface area contributed by atoms with Crippen LogP contribution in [-0.2, 0) is 46.3 Å². The largest absolute Gasteiger partial charge is 0.481 e. The Balaban J connectivity index is 1.80. The summed E-state index contributed by atoms with van der Waals surface area (Å²) in [4.78, 5) is 62.2. The van der Waals surface area contributed by atoms with Crippen molar-refractivity contribution in [3.63, 3.8) is 0 Å². The maximum absolute atomic E-state index is 12.9. The molecule has 1 fully saturated rings. The van der Waals surface area contributed by atoms with Crippen LogP contribution < -0.4 is 11.4 Å². The van der Waals surface area contributed by atoms with E-state index >= 15 is 0 Å². The number of aromatic nitrogens is 2. The van der Waals surface area contributed by atoms with Crippen LogP contribution in [-0.4, -0.2) is 108 Å². The molecule has 1 aliphatic rings. The van der Waals surface area contributed by atoms with Gasteiger partial charge < -0.3 is 50.2 Å². The van der Waals surface area contributed by atoms with Crippen LogP contribution in [0.5, 0.6) is 0 Å². The Bertz CT molecular complexity index is 2070. The summed E-state index contributed by atoms with van der Waals surface area (Å²) in [5.41, 5.74) is 4.58. The van der Waals surface area contributed by atoms with E-state index in [4.69, 9.17) is 29.0 Å². The zero-order valence-corrected chi connectivity index (χ0v) is 49.3.